The number of hydrogen-bond acceptors (Lipinski definition) is 4. The number of nitrogens with zero attached hydrogens (tertiary/aromatic N) is 3. The molecule has 2 fully saturated rings. The van der Waals surface area contributed by atoms with E-state index in [9.17, 15) is 9.59 Å². The molecule has 0 spiro atoms. The molecule has 1 atom stereocenters. The van der Waals surface area contributed by atoms with Crippen LogP contribution in [0.3, 0.4) is 0 Å². The molecule has 0 bridgehead atoms. The first-order chi connectivity index (χ1) is 14.4. The summed E-state index contributed by atoms with van der Waals surface area (Å²) in [6, 6.07) is 6.93. The zero-order chi connectivity index (χ0) is 21.3. The van der Waals surface area contributed by atoms with E-state index in [0.717, 1.165) is 30.1 Å². The number of aryl methyl sites for hydroxylation is 1. The summed E-state index contributed by atoms with van der Waals surface area (Å²) in [7, 11) is 0. The van der Waals surface area contributed by atoms with Crippen LogP contribution >= 0.6 is 0 Å². The molecular weight excluding hydrogens is 378 g/mol. The fraction of sp³-hybridized carbons (Fsp3) is 0.565. The van der Waals surface area contributed by atoms with Gasteiger partial charge in [-0.2, -0.15) is 5.10 Å². The Kier molecular flexibility index (Phi) is 5.88. The van der Waals surface area contributed by atoms with Gasteiger partial charge in [0, 0.05) is 30.5 Å². The van der Waals surface area contributed by atoms with Crippen molar-refractivity contribution in [2.24, 2.45) is 5.92 Å². The van der Waals surface area contributed by atoms with Crippen molar-refractivity contribution < 1.29 is 9.59 Å². The molecule has 2 heterocycles. The van der Waals surface area contributed by atoms with Crippen molar-refractivity contribution in [2.45, 2.75) is 64.3 Å². The summed E-state index contributed by atoms with van der Waals surface area (Å²) >= 11 is 0. The van der Waals surface area contributed by atoms with E-state index < -0.39 is 6.04 Å². The van der Waals surface area contributed by atoms with Crippen molar-refractivity contribution in [1.82, 2.24) is 25.4 Å². The van der Waals surface area contributed by atoms with Crippen LogP contribution in [0.2, 0.25) is 0 Å². The number of piperidine rings is 1. The number of nitrogens with one attached hydrogen (secondary N) is 2. The molecule has 1 aromatic carbocycles. The average Bonchev–Trinajstić information content (AvgIpc) is 3.48. The zero-order valence-corrected chi connectivity index (χ0v) is 18.0. The number of hydrogen-bond donors (Lipinski definition) is 2. The number of rotatable bonds is 6. The van der Waals surface area contributed by atoms with E-state index in [4.69, 9.17) is 0 Å². The van der Waals surface area contributed by atoms with Crippen LogP contribution in [0.15, 0.2) is 24.3 Å². The summed E-state index contributed by atoms with van der Waals surface area (Å²) < 4.78 is 0. The van der Waals surface area contributed by atoms with Crippen LogP contribution in [0, 0.1) is 12.8 Å². The minimum absolute atomic E-state index is 0.00150. The van der Waals surface area contributed by atoms with E-state index in [0.29, 0.717) is 30.5 Å². The summed E-state index contributed by atoms with van der Waals surface area (Å²) in [5, 5.41) is 10.5. The maximum absolute atomic E-state index is 13.2. The number of aromatic nitrogens is 3. The Bertz CT molecular complexity index is 910. The molecule has 1 aliphatic carbocycles. The summed E-state index contributed by atoms with van der Waals surface area (Å²) in [4.78, 5) is 32.5. The lowest BCUT2D eigenvalue weighted by molar-refractivity contribution is -0.135. The van der Waals surface area contributed by atoms with E-state index in [-0.39, 0.29) is 17.7 Å². The van der Waals surface area contributed by atoms with Crippen molar-refractivity contribution >= 4 is 11.8 Å². The Morgan fingerprint density at radius 3 is 2.43 bits per heavy atom. The van der Waals surface area contributed by atoms with Crippen LogP contribution in [0.1, 0.15) is 78.9 Å². The lowest BCUT2D eigenvalue weighted by Crippen LogP contribution is -2.53. The number of likely N-dealkylation sites (tertiary alicyclic amines) is 1. The fourth-order valence-corrected chi connectivity index (χ4v) is 4.12. The summed E-state index contributed by atoms with van der Waals surface area (Å²) in [6.07, 6.45) is 4.10. The molecule has 7 heteroatoms. The van der Waals surface area contributed by atoms with Gasteiger partial charge in [-0.15, -0.1) is 0 Å². The van der Waals surface area contributed by atoms with Crippen LogP contribution in [0.4, 0.5) is 0 Å². The number of amides is 2. The number of benzene rings is 1. The number of carbonyl (C=O) groups is 2. The van der Waals surface area contributed by atoms with Gasteiger partial charge < -0.3 is 10.2 Å². The van der Waals surface area contributed by atoms with Gasteiger partial charge in [0.25, 0.3) is 5.91 Å². The molecule has 1 aromatic heterocycles. The summed E-state index contributed by atoms with van der Waals surface area (Å²) in [6.45, 7) is 7.20. The van der Waals surface area contributed by atoms with Gasteiger partial charge in [-0.05, 0) is 50.2 Å². The summed E-state index contributed by atoms with van der Waals surface area (Å²) in [5.41, 5.74) is 1.52. The highest BCUT2D eigenvalue weighted by molar-refractivity contribution is 5.98. The first-order valence-corrected chi connectivity index (χ1v) is 11.0. The maximum Gasteiger partial charge on any atom is 0.252 e. The molecule has 1 aliphatic heterocycles. The molecule has 2 amide bonds. The first-order valence-electron chi connectivity index (χ1n) is 11.0. The molecule has 1 unspecified atom stereocenters. The van der Waals surface area contributed by atoms with Crippen molar-refractivity contribution in [2.75, 3.05) is 13.1 Å². The van der Waals surface area contributed by atoms with Crippen LogP contribution in [-0.4, -0.2) is 51.0 Å². The van der Waals surface area contributed by atoms with Gasteiger partial charge in [0.1, 0.15) is 11.9 Å². The Labute approximate surface area is 177 Å². The molecule has 2 aromatic rings. The molecule has 30 heavy (non-hydrogen) atoms. The third-order valence-corrected chi connectivity index (χ3v) is 6.26. The Morgan fingerprint density at radius 1 is 1.10 bits per heavy atom. The fourth-order valence-electron chi connectivity index (χ4n) is 4.12. The minimum atomic E-state index is -0.527. The Morgan fingerprint density at radius 2 is 1.80 bits per heavy atom. The smallest absolute Gasteiger partial charge is 0.252 e. The van der Waals surface area contributed by atoms with Crippen molar-refractivity contribution in [1.29, 1.82) is 0 Å². The lowest BCUT2D eigenvalue weighted by atomic mass is 9.94. The van der Waals surface area contributed by atoms with Gasteiger partial charge in [-0.1, -0.05) is 32.0 Å². The second kappa shape index (κ2) is 8.58. The largest absolute Gasteiger partial charge is 0.341 e. The predicted octanol–water partition coefficient (Wildman–Crippen LogP) is 3.15. The van der Waals surface area contributed by atoms with E-state index in [1.807, 2.05) is 43.9 Å². The van der Waals surface area contributed by atoms with Crippen molar-refractivity contribution in [3.63, 3.8) is 0 Å². The number of carbonyl (C=O) groups excluding carboxylic acids is 2. The SMILES string of the molecule is Cc1ccccc1C(=O)NC(C(=O)N1CCC(c2nc(C3CC3)n[nH]2)CC1)C(C)C. The quantitative estimate of drug-likeness (QED) is 0.767. The van der Waals surface area contributed by atoms with Crippen molar-refractivity contribution in [3.8, 4) is 0 Å². The van der Waals surface area contributed by atoms with Crippen LogP contribution in [0.5, 0.6) is 0 Å². The highest BCUT2D eigenvalue weighted by Gasteiger charge is 2.34. The van der Waals surface area contributed by atoms with Gasteiger partial charge in [-0.3, -0.25) is 14.7 Å². The molecule has 160 valence electrons. The Hall–Kier alpha value is -2.70. The molecule has 4 rings (SSSR count). The molecule has 2 aliphatic rings. The highest BCUT2D eigenvalue weighted by atomic mass is 16.2. The second-order valence-corrected chi connectivity index (χ2v) is 8.96. The second-order valence-electron chi connectivity index (χ2n) is 8.96. The average molecular weight is 410 g/mol. The van der Waals surface area contributed by atoms with Gasteiger partial charge in [0.2, 0.25) is 5.91 Å². The maximum atomic E-state index is 13.2. The molecule has 0 radical (unpaired) electrons. The van der Waals surface area contributed by atoms with Crippen LogP contribution in [-0.2, 0) is 4.79 Å². The molecule has 1 saturated heterocycles. The van der Waals surface area contributed by atoms with E-state index >= 15 is 0 Å². The topological polar surface area (TPSA) is 91.0 Å². The van der Waals surface area contributed by atoms with Gasteiger partial charge in [0.05, 0.1) is 0 Å². The monoisotopic (exact) mass is 409 g/mol. The van der Waals surface area contributed by atoms with Gasteiger partial charge in [0.15, 0.2) is 5.82 Å². The number of aromatic amines is 1. The number of H-pyrrole nitrogens is 1. The molecular formula is C23H31N5O2. The lowest BCUT2D eigenvalue weighted by Gasteiger charge is -2.34. The van der Waals surface area contributed by atoms with E-state index in [2.05, 4.69) is 20.5 Å². The van der Waals surface area contributed by atoms with Crippen LogP contribution in [0.25, 0.3) is 0 Å². The molecule has 7 nitrogen and oxygen atoms in total. The standard InChI is InChI=1S/C23H31N5O2/c1-14(2)19(24-22(29)18-7-5-4-6-15(18)3)23(30)28-12-10-17(11-13-28)21-25-20(26-27-21)16-8-9-16/h4-7,14,16-17,19H,8-13H2,1-3H3,(H,24,29)(H,25,26,27). The third kappa shape index (κ3) is 4.40. The normalized spacial score (nSPS) is 18.5. The van der Waals surface area contributed by atoms with Crippen LogP contribution < -0.4 is 5.32 Å². The molecule has 2 N–H and O–H groups in total. The predicted molar refractivity (Wildman–Crippen MR) is 114 cm³/mol. The first kappa shape index (κ1) is 20.6. The van der Waals surface area contributed by atoms with Crippen molar-refractivity contribution in [3.05, 3.63) is 47.0 Å². The summed E-state index contributed by atoms with van der Waals surface area (Å²) in [5.74, 6) is 2.58. The Balaban J connectivity index is 1.37. The van der Waals surface area contributed by atoms with E-state index in [1.165, 1.54) is 12.8 Å². The van der Waals surface area contributed by atoms with E-state index in [1.54, 1.807) is 6.07 Å². The minimum Gasteiger partial charge on any atom is -0.341 e. The highest BCUT2D eigenvalue weighted by Crippen LogP contribution is 2.38. The third-order valence-electron chi connectivity index (χ3n) is 6.26. The molecule has 1 saturated carbocycles. The van der Waals surface area contributed by atoms with Gasteiger partial charge in [-0.25, -0.2) is 4.98 Å². The zero-order valence-electron chi connectivity index (χ0n) is 18.0. The van der Waals surface area contributed by atoms with Gasteiger partial charge >= 0.3 is 0 Å².